The highest BCUT2D eigenvalue weighted by atomic mass is 32.1. The first-order valence-electron chi connectivity index (χ1n) is 6.28. The minimum absolute atomic E-state index is 0.370. The molecule has 1 unspecified atom stereocenters. The van der Waals surface area contributed by atoms with Crippen LogP contribution in [0.15, 0.2) is 30.5 Å². The Hall–Kier alpha value is -1.39. The Bertz CT molecular complexity index is 549. The number of nitrogens with one attached hydrogen (secondary N) is 1. The smallest absolute Gasteiger partial charge is 0.190 e. The fourth-order valence-corrected chi connectivity index (χ4v) is 3.30. The Balaban J connectivity index is 1.91. The molecule has 3 rings (SSSR count). The fraction of sp³-hybridized carbons (Fsp3) is 0.357. The molecule has 0 aliphatic carbocycles. The van der Waals surface area contributed by atoms with E-state index >= 15 is 0 Å². The van der Waals surface area contributed by atoms with Crippen LogP contribution in [0, 0.1) is 0 Å². The first-order chi connectivity index (χ1) is 8.79. The number of hydrogen-bond donors (Lipinski definition) is 1. The second kappa shape index (κ2) is 4.71. The van der Waals surface area contributed by atoms with Crippen molar-refractivity contribution in [2.75, 3.05) is 18.5 Å². The minimum Gasteiger partial charge on any atom is -0.317 e. The van der Waals surface area contributed by atoms with Crippen molar-refractivity contribution in [2.24, 2.45) is 0 Å². The molecule has 0 saturated carbocycles. The topological polar surface area (TPSA) is 28.2 Å². The number of nitrogens with zero attached hydrogens (tertiary/aromatic N) is 2. The van der Waals surface area contributed by atoms with Crippen LogP contribution in [0.5, 0.6) is 0 Å². The van der Waals surface area contributed by atoms with E-state index in [1.54, 1.807) is 11.3 Å². The van der Waals surface area contributed by atoms with Gasteiger partial charge in [0.2, 0.25) is 0 Å². The number of thiazole rings is 1. The summed E-state index contributed by atoms with van der Waals surface area (Å²) in [6, 6.07) is 8.97. The maximum Gasteiger partial charge on any atom is 0.190 e. The zero-order valence-electron chi connectivity index (χ0n) is 10.7. The predicted octanol–water partition coefficient (Wildman–Crippen LogP) is 3.12. The molecule has 1 aromatic carbocycles. The maximum absolute atomic E-state index is 4.57. The molecular formula is C14H17N3S. The molecule has 1 atom stereocenters. The van der Waals surface area contributed by atoms with Gasteiger partial charge in [0, 0.05) is 29.3 Å². The lowest BCUT2D eigenvalue weighted by atomic mass is 10.2. The van der Waals surface area contributed by atoms with Gasteiger partial charge in [-0.2, -0.15) is 0 Å². The summed E-state index contributed by atoms with van der Waals surface area (Å²) >= 11 is 1.78. The van der Waals surface area contributed by atoms with Crippen LogP contribution in [0.1, 0.15) is 23.4 Å². The van der Waals surface area contributed by atoms with Gasteiger partial charge in [-0.15, -0.1) is 0 Å². The van der Waals surface area contributed by atoms with Gasteiger partial charge < -0.3 is 10.2 Å². The van der Waals surface area contributed by atoms with Gasteiger partial charge in [0.1, 0.15) is 0 Å². The average Bonchev–Trinajstić information content (AvgIpc) is 3.03. The van der Waals surface area contributed by atoms with Crippen molar-refractivity contribution in [3.05, 3.63) is 40.9 Å². The van der Waals surface area contributed by atoms with Crippen LogP contribution in [-0.2, 0) is 6.42 Å². The van der Waals surface area contributed by atoms with Gasteiger partial charge >= 0.3 is 0 Å². The van der Waals surface area contributed by atoms with Crippen molar-refractivity contribution in [3.8, 4) is 0 Å². The number of anilines is 2. The molecule has 1 aliphatic heterocycles. The van der Waals surface area contributed by atoms with Gasteiger partial charge in [0.25, 0.3) is 0 Å². The standard InChI is InChI=1S/C14H17N3S/c1-10(15-2)13-9-16-14(18-13)17-8-7-11-5-3-4-6-12(11)17/h3-6,9-10,15H,7-8H2,1-2H3. The summed E-state index contributed by atoms with van der Waals surface area (Å²) in [6.45, 7) is 3.20. The van der Waals surface area contributed by atoms with Crippen molar-refractivity contribution in [3.63, 3.8) is 0 Å². The maximum atomic E-state index is 4.57. The number of hydrogen-bond acceptors (Lipinski definition) is 4. The van der Waals surface area contributed by atoms with Crippen LogP contribution in [-0.4, -0.2) is 18.6 Å². The van der Waals surface area contributed by atoms with E-state index in [2.05, 4.69) is 46.4 Å². The van der Waals surface area contributed by atoms with Crippen molar-refractivity contribution < 1.29 is 0 Å². The zero-order chi connectivity index (χ0) is 12.5. The van der Waals surface area contributed by atoms with E-state index in [0.717, 1.165) is 18.1 Å². The highest BCUT2D eigenvalue weighted by molar-refractivity contribution is 7.15. The summed E-state index contributed by atoms with van der Waals surface area (Å²) in [5.74, 6) is 0. The molecule has 0 bridgehead atoms. The largest absolute Gasteiger partial charge is 0.317 e. The number of para-hydroxylation sites is 1. The average molecular weight is 259 g/mol. The third kappa shape index (κ3) is 1.91. The van der Waals surface area contributed by atoms with Crippen LogP contribution >= 0.6 is 11.3 Å². The second-order valence-electron chi connectivity index (χ2n) is 4.59. The molecule has 0 saturated heterocycles. The normalized spacial score (nSPS) is 15.8. The third-order valence-electron chi connectivity index (χ3n) is 3.49. The van der Waals surface area contributed by atoms with Crippen LogP contribution in [0.3, 0.4) is 0 Å². The first kappa shape index (κ1) is 11.7. The van der Waals surface area contributed by atoms with Crippen LogP contribution in [0.2, 0.25) is 0 Å². The van der Waals surface area contributed by atoms with E-state index in [0.29, 0.717) is 6.04 Å². The van der Waals surface area contributed by atoms with Crippen molar-refractivity contribution in [1.29, 1.82) is 0 Å². The molecule has 2 heterocycles. The van der Waals surface area contributed by atoms with E-state index in [1.807, 2.05) is 13.2 Å². The first-order valence-corrected chi connectivity index (χ1v) is 7.09. The van der Waals surface area contributed by atoms with Gasteiger partial charge in [-0.25, -0.2) is 4.98 Å². The van der Waals surface area contributed by atoms with Crippen molar-refractivity contribution in [1.82, 2.24) is 10.3 Å². The molecule has 94 valence electrons. The summed E-state index contributed by atoms with van der Waals surface area (Å²) in [5.41, 5.74) is 2.74. The quantitative estimate of drug-likeness (QED) is 0.918. The van der Waals surface area contributed by atoms with Crippen molar-refractivity contribution >= 4 is 22.2 Å². The molecule has 0 spiro atoms. The Labute approximate surface area is 111 Å². The molecule has 2 aromatic rings. The van der Waals surface area contributed by atoms with Crippen LogP contribution in [0.25, 0.3) is 0 Å². The molecule has 18 heavy (non-hydrogen) atoms. The van der Waals surface area contributed by atoms with E-state index in [4.69, 9.17) is 0 Å². The Kier molecular flexibility index (Phi) is 3.06. The molecular weight excluding hydrogens is 242 g/mol. The van der Waals surface area contributed by atoms with E-state index < -0.39 is 0 Å². The minimum atomic E-state index is 0.370. The van der Waals surface area contributed by atoms with E-state index in [-0.39, 0.29) is 0 Å². The summed E-state index contributed by atoms with van der Waals surface area (Å²) in [4.78, 5) is 8.18. The lowest BCUT2D eigenvalue weighted by Gasteiger charge is -2.15. The third-order valence-corrected chi connectivity index (χ3v) is 4.69. The molecule has 0 amide bonds. The Morgan fingerprint density at radius 3 is 3.06 bits per heavy atom. The number of benzene rings is 1. The molecule has 1 aromatic heterocycles. The van der Waals surface area contributed by atoms with Gasteiger partial charge in [0.15, 0.2) is 5.13 Å². The number of rotatable bonds is 3. The Morgan fingerprint density at radius 2 is 2.22 bits per heavy atom. The second-order valence-corrected chi connectivity index (χ2v) is 5.63. The molecule has 1 aliphatic rings. The SMILES string of the molecule is CNC(C)c1cnc(N2CCc3ccccc32)s1. The lowest BCUT2D eigenvalue weighted by Crippen LogP contribution is -2.12. The van der Waals surface area contributed by atoms with Crippen LogP contribution < -0.4 is 10.2 Å². The molecule has 0 radical (unpaired) electrons. The fourth-order valence-electron chi connectivity index (χ4n) is 2.28. The lowest BCUT2D eigenvalue weighted by molar-refractivity contribution is 0.662. The number of fused-ring (bicyclic) bond motifs is 1. The highest BCUT2D eigenvalue weighted by Crippen LogP contribution is 2.37. The van der Waals surface area contributed by atoms with Crippen molar-refractivity contribution in [2.45, 2.75) is 19.4 Å². The summed E-state index contributed by atoms with van der Waals surface area (Å²) in [5, 5.41) is 4.36. The summed E-state index contributed by atoms with van der Waals surface area (Å²) in [7, 11) is 1.98. The van der Waals surface area contributed by atoms with Gasteiger partial charge in [-0.1, -0.05) is 29.5 Å². The van der Waals surface area contributed by atoms with Gasteiger partial charge in [-0.3, -0.25) is 0 Å². The van der Waals surface area contributed by atoms with Crippen LogP contribution in [0.4, 0.5) is 10.8 Å². The molecule has 3 nitrogen and oxygen atoms in total. The molecule has 0 fully saturated rings. The monoisotopic (exact) mass is 259 g/mol. The molecule has 1 N–H and O–H groups in total. The highest BCUT2D eigenvalue weighted by Gasteiger charge is 2.22. The predicted molar refractivity (Wildman–Crippen MR) is 76.7 cm³/mol. The Morgan fingerprint density at radius 1 is 1.39 bits per heavy atom. The van der Waals surface area contributed by atoms with E-state index in [1.165, 1.54) is 16.1 Å². The van der Waals surface area contributed by atoms with Gasteiger partial charge in [-0.05, 0) is 32.0 Å². The number of aromatic nitrogens is 1. The summed E-state index contributed by atoms with van der Waals surface area (Å²) in [6.07, 6.45) is 3.11. The zero-order valence-corrected chi connectivity index (χ0v) is 11.5. The molecule has 4 heteroatoms. The van der Waals surface area contributed by atoms with Gasteiger partial charge in [0.05, 0.1) is 0 Å². The van der Waals surface area contributed by atoms with E-state index in [9.17, 15) is 0 Å². The summed E-state index contributed by atoms with van der Waals surface area (Å²) < 4.78 is 0.